The molecule has 0 aliphatic carbocycles. The van der Waals surface area contributed by atoms with Crippen molar-refractivity contribution in [3.63, 3.8) is 0 Å². The van der Waals surface area contributed by atoms with E-state index in [4.69, 9.17) is 14.4 Å². The second-order valence-corrected chi connectivity index (χ2v) is 5.75. The molecule has 0 unspecified atom stereocenters. The van der Waals surface area contributed by atoms with Crippen molar-refractivity contribution >= 4 is 23.5 Å². The van der Waals surface area contributed by atoms with E-state index >= 15 is 0 Å². The third kappa shape index (κ3) is 5.97. The lowest BCUT2D eigenvalue weighted by molar-refractivity contribution is -0.132. The van der Waals surface area contributed by atoms with E-state index in [1.807, 2.05) is 0 Å². The van der Waals surface area contributed by atoms with Gasteiger partial charge < -0.3 is 14.4 Å². The van der Waals surface area contributed by atoms with Crippen LogP contribution in [-0.4, -0.2) is 31.6 Å². The van der Waals surface area contributed by atoms with E-state index < -0.39 is 17.6 Å². The first-order chi connectivity index (χ1) is 14.0. The number of hydrogen-bond donors (Lipinski definition) is 0. The maximum absolute atomic E-state index is 13.6. The number of oxime groups is 2. The summed E-state index contributed by atoms with van der Waals surface area (Å²) in [5, 5.41) is 7.62. The van der Waals surface area contributed by atoms with Crippen LogP contribution in [0.5, 0.6) is 0 Å². The lowest BCUT2D eigenvalue weighted by atomic mass is 10.0. The van der Waals surface area contributed by atoms with E-state index in [2.05, 4.69) is 10.3 Å². The minimum absolute atomic E-state index is 0.00942. The number of halogens is 2. The molecule has 152 valence electrons. The van der Waals surface area contributed by atoms with E-state index in [-0.39, 0.29) is 17.9 Å². The fourth-order valence-electron chi connectivity index (χ4n) is 2.37. The van der Waals surface area contributed by atoms with Gasteiger partial charge in [0.1, 0.15) is 25.4 Å². The summed E-state index contributed by atoms with van der Waals surface area (Å²) in [6.07, 6.45) is 2.71. The number of ether oxygens (including phenoxy) is 1. The van der Waals surface area contributed by atoms with Gasteiger partial charge in [-0.3, -0.25) is 0 Å². The van der Waals surface area contributed by atoms with Gasteiger partial charge in [0.15, 0.2) is 5.71 Å². The topological polar surface area (TPSA) is 69.5 Å². The molecule has 0 fully saturated rings. The van der Waals surface area contributed by atoms with E-state index in [0.717, 1.165) is 0 Å². The van der Waals surface area contributed by atoms with E-state index in [9.17, 15) is 13.6 Å². The number of nitrogens with zero attached hydrogens (tertiary/aromatic N) is 2. The molecule has 0 aliphatic heterocycles. The lowest BCUT2D eigenvalue weighted by Crippen LogP contribution is -2.19. The van der Waals surface area contributed by atoms with Crippen molar-refractivity contribution in [1.29, 1.82) is 0 Å². The molecule has 8 heteroatoms. The number of carbonyl (C=O) groups is 1. The first kappa shape index (κ1) is 21.7. The van der Waals surface area contributed by atoms with Crippen LogP contribution in [0.2, 0.25) is 0 Å². The minimum Gasteiger partial charge on any atom is -0.464 e. The zero-order valence-corrected chi connectivity index (χ0v) is 16.2. The van der Waals surface area contributed by atoms with Crippen LogP contribution in [-0.2, 0) is 25.8 Å². The van der Waals surface area contributed by atoms with Gasteiger partial charge in [-0.2, -0.15) is 0 Å². The molecule has 0 radical (unpaired) electrons. The predicted octanol–water partition coefficient (Wildman–Crippen LogP) is 4.09. The van der Waals surface area contributed by atoms with Crippen molar-refractivity contribution in [1.82, 2.24) is 0 Å². The number of hydrogen-bond acceptors (Lipinski definition) is 6. The Bertz CT molecular complexity index is 935. The lowest BCUT2D eigenvalue weighted by Gasteiger charge is -2.09. The summed E-state index contributed by atoms with van der Waals surface area (Å²) in [6, 6.07) is 10.5. The molecule has 0 bridgehead atoms. The smallest absolute Gasteiger partial charge is 0.360 e. The van der Waals surface area contributed by atoms with Crippen LogP contribution in [0.1, 0.15) is 23.6 Å². The number of carbonyl (C=O) groups excluding carboxylic acids is 1. The van der Waals surface area contributed by atoms with Gasteiger partial charge in [0.25, 0.3) is 0 Å². The molecule has 0 N–H and O–H groups in total. The highest BCUT2D eigenvalue weighted by atomic mass is 19.1. The highest BCUT2D eigenvalue weighted by Gasteiger charge is 2.19. The van der Waals surface area contributed by atoms with Gasteiger partial charge in [-0.1, -0.05) is 40.6 Å². The highest BCUT2D eigenvalue weighted by Crippen LogP contribution is 2.15. The van der Waals surface area contributed by atoms with Crippen LogP contribution in [0.15, 0.2) is 58.9 Å². The SMILES string of the molecule is CON=C(C(=O)OC)c1ccccc1CON=C(C)/C=C/c1c(F)cccc1F. The van der Waals surface area contributed by atoms with E-state index in [0.29, 0.717) is 16.8 Å². The van der Waals surface area contributed by atoms with Gasteiger partial charge in [-0.05, 0) is 31.2 Å². The standard InChI is InChI=1S/C21H20F2N2O4/c1-14(11-12-17-18(22)9-6-10-19(17)23)24-29-13-15-7-4-5-8-16(15)20(25-28-3)21(26)27-2/h4-12H,13H2,1-3H3/b12-11+,24-14?,25-20?. The summed E-state index contributed by atoms with van der Waals surface area (Å²) in [5.74, 6) is -2.00. The monoisotopic (exact) mass is 402 g/mol. The molecule has 0 amide bonds. The fraction of sp³-hybridized carbons (Fsp3) is 0.190. The zero-order valence-electron chi connectivity index (χ0n) is 16.2. The van der Waals surface area contributed by atoms with Gasteiger partial charge in [-0.15, -0.1) is 0 Å². The average molecular weight is 402 g/mol. The number of methoxy groups -OCH3 is 1. The molecular formula is C21H20F2N2O4. The number of esters is 1. The molecule has 2 rings (SSSR count). The molecule has 0 saturated carbocycles. The van der Waals surface area contributed by atoms with Crippen LogP contribution in [0.4, 0.5) is 8.78 Å². The Labute approximate surface area is 167 Å². The van der Waals surface area contributed by atoms with Crippen LogP contribution in [0.3, 0.4) is 0 Å². The Morgan fingerprint density at radius 2 is 1.72 bits per heavy atom. The van der Waals surface area contributed by atoms with Crippen molar-refractivity contribution in [3.05, 3.63) is 76.9 Å². The molecule has 2 aromatic rings. The van der Waals surface area contributed by atoms with Crippen LogP contribution in [0.25, 0.3) is 6.08 Å². The number of benzene rings is 2. The van der Waals surface area contributed by atoms with Gasteiger partial charge in [0.2, 0.25) is 0 Å². The molecule has 0 aromatic heterocycles. The van der Waals surface area contributed by atoms with Crippen molar-refractivity contribution < 1.29 is 28.0 Å². The first-order valence-corrected chi connectivity index (χ1v) is 8.54. The summed E-state index contributed by atoms with van der Waals surface area (Å²) < 4.78 is 32.0. The molecule has 0 spiro atoms. The first-order valence-electron chi connectivity index (χ1n) is 8.54. The Morgan fingerprint density at radius 1 is 1.03 bits per heavy atom. The van der Waals surface area contributed by atoms with E-state index in [1.54, 1.807) is 31.2 Å². The molecule has 0 saturated heterocycles. The Morgan fingerprint density at radius 3 is 2.38 bits per heavy atom. The van der Waals surface area contributed by atoms with Crippen LogP contribution in [0, 0.1) is 11.6 Å². The predicted molar refractivity (Wildman–Crippen MR) is 105 cm³/mol. The molecular weight excluding hydrogens is 382 g/mol. The zero-order chi connectivity index (χ0) is 21.2. The number of allylic oxidation sites excluding steroid dienone is 1. The maximum atomic E-state index is 13.6. The Kier molecular flexibility index (Phi) is 8.02. The summed E-state index contributed by atoms with van der Waals surface area (Å²) in [5.41, 5.74) is 1.31. The molecule has 0 aliphatic rings. The molecule has 0 atom stereocenters. The summed E-state index contributed by atoms with van der Waals surface area (Å²) in [6.45, 7) is 1.64. The van der Waals surface area contributed by atoms with Crippen LogP contribution >= 0.6 is 0 Å². The molecule has 0 heterocycles. The third-order valence-corrected chi connectivity index (χ3v) is 3.75. The van der Waals surface area contributed by atoms with Crippen molar-refractivity contribution in [3.8, 4) is 0 Å². The van der Waals surface area contributed by atoms with Crippen LogP contribution < -0.4 is 0 Å². The molecule has 29 heavy (non-hydrogen) atoms. The fourth-order valence-corrected chi connectivity index (χ4v) is 2.37. The van der Waals surface area contributed by atoms with Crippen molar-refractivity contribution in [2.75, 3.05) is 14.2 Å². The van der Waals surface area contributed by atoms with E-state index in [1.165, 1.54) is 44.6 Å². The normalized spacial score (nSPS) is 12.2. The number of rotatable bonds is 8. The maximum Gasteiger partial charge on any atom is 0.360 e. The second kappa shape index (κ2) is 10.7. The van der Waals surface area contributed by atoms with Gasteiger partial charge >= 0.3 is 5.97 Å². The third-order valence-electron chi connectivity index (χ3n) is 3.75. The van der Waals surface area contributed by atoms with Gasteiger partial charge in [0, 0.05) is 16.7 Å². The second-order valence-electron chi connectivity index (χ2n) is 5.75. The van der Waals surface area contributed by atoms with Crippen molar-refractivity contribution in [2.45, 2.75) is 13.5 Å². The largest absolute Gasteiger partial charge is 0.464 e. The average Bonchev–Trinajstić information content (AvgIpc) is 2.71. The molecule has 2 aromatic carbocycles. The van der Waals surface area contributed by atoms with Gasteiger partial charge in [0.05, 0.1) is 12.8 Å². The Hall–Kier alpha value is -3.55. The summed E-state index contributed by atoms with van der Waals surface area (Å²) in [7, 11) is 2.56. The Balaban J connectivity index is 2.13. The minimum atomic E-state index is -0.670. The highest BCUT2D eigenvalue weighted by molar-refractivity contribution is 6.43. The van der Waals surface area contributed by atoms with Crippen molar-refractivity contribution in [2.24, 2.45) is 10.3 Å². The summed E-state index contributed by atoms with van der Waals surface area (Å²) >= 11 is 0. The molecule has 6 nitrogen and oxygen atoms in total. The summed E-state index contributed by atoms with van der Waals surface area (Å²) in [4.78, 5) is 22.0. The van der Waals surface area contributed by atoms with Gasteiger partial charge in [-0.25, -0.2) is 13.6 Å². The quantitative estimate of drug-likeness (QED) is 0.379.